The van der Waals surface area contributed by atoms with Crippen LogP contribution < -0.4 is 5.32 Å². The van der Waals surface area contributed by atoms with Crippen LogP contribution >= 0.6 is 34.9 Å². The molecule has 0 fully saturated rings. The molecular formula is C16H21N3OS3. The molecule has 1 aromatic carbocycles. The van der Waals surface area contributed by atoms with Gasteiger partial charge < -0.3 is 5.32 Å². The summed E-state index contributed by atoms with van der Waals surface area (Å²) in [4.78, 5) is 12.3. The first-order chi connectivity index (χ1) is 11.1. The van der Waals surface area contributed by atoms with E-state index in [1.807, 2.05) is 38.1 Å². The molecule has 1 unspecified atom stereocenters. The van der Waals surface area contributed by atoms with Gasteiger partial charge in [0.15, 0.2) is 8.68 Å². The summed E-state index contributed by atoms with van der Waals surface area (Å²) in [7, 11) is 0. The van der Waals surface area contributed by atoms with Gasteiger partial charge in [-0.1, -0.05) is 66.4 Å². The number of carbonyl (C=O) groups is 1. The maximum absolute atomic E-state index is 12.3. The Bertz CT molecular complexity index is 645. The van der Waals surface area contributed by atoms with Crippen LogP contribution in [0.2, 0.25) is 0 Å². The summed E-state index contributed by atoms with van der Waals surface area (Å²) in [6, 6.07) is 7.78. The minimum atomic E-state index is -0.212. The lowest BCUT2D eigenvalue weighted by Crippen LogP contribution is -2.22. The molecule has 0 aliphatic heterocycles. The fourth-order valence-corrected chi connectivity index (χ4v) is 5.08. The normalized spacial score (nSPS) is 12.1. The van der Waals surface area contributed by atoms with Crippen molar-refractivity contribution in [1.29, 1.82) is 0 Å². The van der Waals surface area contributed by atoms with E-state index in [4.69, 9.17) is 0 Å². The Morgan fingerprint density at radius 1 is 1.30 bits per heavy atom. The van der Waals surface area contributed by atoms with Gasteiger partial charge in [0.2, 0.25) is 5.91 Å². The number of nitrogens with zero attached hydrogens (tertiary/aromatic N) is 2. The van der Waals surface area contributed by atoms with Crippen LogP contribution in [0.25, 0.3) is 0 Å². The van der Waals surface area contributed by atoms with Gasteiger partial charge in [-0.15, -0.1) is 10.2 Å². The van der Waals surface area contributed by atoms with Gasteiger partial charge in [-0.05, 0) is 31.9 Å². The van der Waals surface area contributed by atoms with Crippen LogP contribution in [0, 0.1) is 6.92 Å². The molecule has 124 valence electrons. The smallest absolute Gasteiger partial charge is 0.237 e. The Hall–Kier alpha value is -1.05. The summed E-state index contributed by atoms with van der Waals surface area (Å²) in [5.74, 6) is 1.05. The molecule has 1 atom stereocenters. The molecule has 0 aliphatic rings. The van der Waals surface area contributed by atoms with E-state index in [0.717, 1.165) is 25.7 Å². The van der Waals surface area contributed by atoms with Crippen LogP contribution in [0.1, 0.15) is 32.3 Å². The second kappa shape index (κ2) is 9.30. The number of hydrogen-bond donors (Lipinski definition) is 1. The number of aryl methyl sites for hydroxylation is 1. The Kier molecular flexibility index (Phi) is 7.39. The number of para-hydroxylation sites is 1. The van der Waals surface area contributed by atoms with Gasteiger partial charge in [-0.2, -0.15) is 0 Å². The van der Waals surface area contributed by atoms with E-state index in [1.54, 1.807) is 23.1 Å². The summed E-state index contributed by atoms with van der Waals surface area (Å²) in [6.45, 7) is 6.05. The maximum Gasteiger partial charge on any atom is 0.237 e. The molecule has 0 bridgehead atoms. The molecular weight excluding hydrogens is 346 g/mol. The van der Waals surface area contributed by atoms with Crippen LogP contribution in [0.3, 0.4) is 0 Å². The van der Waals surface area contributed by atoms with E-state index in [2.05, 4.69) is 22.4 Å². The third kappa shape index (κ3) is 5.82. The first-order valence-electron chi connectivity index (χ1n) is 7.59. The predicted molar refractivity (Wildman–Crippen MR) is 101 cm³/mol. The quantitative estimate of drug-likeness (QED) is 0.533. The van der Waals surface area contributed by atoms with Crippen molar-refractivity contribution in [1.82, 2.24) is 10.2 Å². The molecule has 1 N–H and O–H groups in total. The topological polar surface area (TPSA) is 54.9 Å². The van der Waals surface area contributed by atoms with E-state index in [-0.39, 0.29) is 11.2 Å². The highest BCUT2D eigenvalue weighted by Gasteiger charge is 2.18. The number of anilines is 1. The molecule has 0 aliphatic carbocycles. The van der Waals surface area contributed by atoms with Crippen molar-refractivity contribution in [3.05, 3.63) is 29.8 Å². The number of nitrogens with one attached hydrogen (secondary N) is 1. The number of aromatic nitrogens is 2. The number of carbonyl (C=O) groups excluding carboxylic acids is 1. The van der Waals surface area contributed by atoms with Crippen LogP contribution in [0.5, 0.6) is 0 Å². The summed E-state index contributed by atoms with van der Waals surface area (Å²) in [5.41, 5.74) is 1.92. The zero-order chi connectivity index (χ0) is 16.7. The molecule has 0 radical (unpaired) electrons. The minimum absolute atomic E-state index is 0.0142. The van der Waals surface area contributed by atoms with Gasteiger partial charge in [0, 0.05) is 11.4 Å². The zero-order valence-electron chi connectivity index (χ0n) is 13.5. The second-order valence-electron chi connectivity index (χ2n) is 5.10. The predicted octanol–water partition coefficient (Wildman–Crippen LogP) is 4.86. The van der Waals surface area contributed by atoms with Crippen molar-refractivity contribution < 1.29 is 4.79 Å². The third-order valence-electron chi connectivity index (χ3n) is 3.16. The minimum Gasteiger partial charge on any atom is -0.325 e. The van der Waals surface area contributed by atoms with E-state index >= 15 is 0 Å². The number of amides is 1. The molecule has 2 aromatic rings. The third-order valence-corrected chi connectivity index (χ3v) is 6.49. The zero-order valence-corrected chi connectivity index (χ0v) is 16.0. The van der Waals surface area contributed by atoms with Crippen molar-refractivity contribution in [2.45, 2.75) is 47.5 Å². The number of thioether (sulfide) groups is 2. The van der Waals surface area contributed by atoms with Gasteiger partial charge in [0.05, 0.1) is 5.25 Å². The largest absolute Gasteiger partial charge is 0.325 e. The van der Waals surface area contributed by atoms with Gasteiger partial charge in [0.1, 0.15) is 0 Å². The average molecular weight is 368 g/mol. The van der Waals surface area contributed by atoms with E-state index < -0.39 is 0 Å². The van der Waals surface area contributed by atoms with Gasteiger partial charge in [-0.25, -0.2) is 0 Å². The summed E-state index contributed by atoms with van der Waals surface area (Å²) >= 11 is 4.76. The molecule has 7 heteroatoms. The van der Waals surface area contributed by atoms with E-state index in [0.29, 0.717) is 0 Å². The van der Waals surface area contributed by atoms with Crippen molar-refractivity contribution in [3.63, 3.8) is 0 Å². The number of unbranched alkanes of at least 4 members (excludes halogenated alkanes) is 1. The lowest BCUT2D eigenvalue weighted by molar-refractivity contribution is -0.115. The van der Waals surface area contributed by atoms with Gasteiger partial charge >= 0.3 is 0 Å². The first kappa shape index (κ1) is 18.3. The molecule has 2 rings (SSSR count). The standard InChI is InChI=1S/C16H21N3OS3/c1-4-5-10-21-15-18-19-16(23-15)22-12(3)14(20)17-13-9-7-6-8-11(13)2/h6-9,12H,4-5,10H2,1-3H3,(H,17,20). The lowest BCUT2D eigenvalue weighted by Gasteiger charge is -2.11. The summed E-state index contributed by atoms with van der Waals surface area (Å²) < 4.78 is 1.82. The number of benzene rings is 1. The highest BCUT2D eigenvalue weighted by molar-refractivity contribution is 8.03. The molecule has 1 heterocycles. The number of hydrogen-bond acceptors (Lipinski definition) is 6. The Balaban J connectivity index is 1.87. The monoisotopic (exact) mass is 367 g/mol. The van der Waals surface area contributed by atoms with Crippen LogP contribution in [0.15, 0.2) is 32.9 Å². The lowest BCUT2D eigenvalue weighted by atomic mass is 10.2. The van der Waals surface area contributed by atoms with Crippen molar-refractivity contribution >= 4 is 46.5 Å². The molecule has 0 saturated carbocycles. The Morgan fingerprint density at radius 3 is 2.78 bits per heavy atom. The molecule has 0 spiro atoms. The molecule has 0 saturated heterocycles. The molecule has 23 heavy (non-hydrogen) atoms. The summed E-state index contributed by atoms with van der Waals surface area (Å²) in [6.07, 6.45) is 2.37. The fraction of sp³-hybridized carbons (Fsp3) is 0.438. The van der Waals surface area contributed by atoms with Gasteiger partial charge in [0.25, 0.3) is 0 Å². The molecule has 4 nitrogen and oxygen atoms in total. The SMILES string of the molecule is CCCCSc1nnc(SC(C)C(=O)Nc2ccccc2C)s1. The first-order valence-corrected chi connectivity index (χ1v) is 10.3. The average Bonchev–Trinajstić information content (AvgIpc) is 2.97. The Morgan fingerprint density at radius 2 is 2.04 bits per heavy atom. The van der Waals surface area contributed by atoms with E-state index in [9.17, 15) is 4.79 Å². The van der Waals surface area contributed by atoms with Crippen LogP contribution in [-0.2, 0) is 4.79 Å². The second-order valence-corrected chi connectivity index (χ2v) is 9.01. The highest BCUT2D eigenvalue weighted by atomic mass is 32.2. The molecule has 1 aromatic heterocycles. The maximum atomic E-state index is 12.3. The fourth-order valence-electron chi connectivity index (χ4n) is 1.76. The van der Waals surface area contributed by atoms with Crippen LogP contribution in [0.4, 0.5) is 5.69 Å². The van der Waals surface area contributed by atoms with Crippen LogP contribution in [-0.4, -0.2) is 27.1 Å². The summed E-state index contributed by atoms with van der Waals surface area (Å²) in [5, 5.41) is 11.1. The Labute approximate surface area is 149 Å². The highest BCUT2D eigenvalue weighted by Crippen LogP contribution is 2.32. The van der Waals surface area contributed by atoms with Crippen molar-refractivity contribution in [3.8, 4) is 0 Å². The van der Waals surface area contributed by atoms with E-state index in [1.165, 1.54) is 24.6 Å². The van der Waals surface area contributed by atoms with Gasteiger partial charge in [-0.3, -0.25) is 4.79 Å². The molecule has 1 amide bonds. The van der Waals surface area contributed by atoms with Crippen molar-refractivity contribution in [2.75, 3.05) is 11.1 Å². The van der Waals surface area contributed by atoms with Crippen molar-refractivity contribution in [2.24, 2.45) is 0 Å². The number of rotatable bonds is 8.